The van der Waals surface area contributed by atoms with Crippen molar-refractivity contribution in [3.05, 3.63) is 59.1 Å². The van der Waals surface area contributed by atoms with Gasteiger partial charge in [-0.1, -0.05) is 23.7 Å². The molecule has 2 unspecified atom stereocenters. The van der Waals surface area contributed by atoms with Crippen molar-refractivity contribution in [1.29, 1.82) is 0 Å². The molecule has 0 bridgehead atoms. The van der Waals surface area contributed by atoms with Crippen molar-refractivity contribution < 1.29 is 9.53 Å². The zero-order chi connectivity index (χ0) is 17.6. The molecular weight excluding hydrogens is 340 g/mol. The summed E-state index contributed by atoms with van der Waals surface area (Å²) >= 11 is 5.84. The molecule has 1 fully saturated rings. The highest BCUT2D eigenvalue weighted by Gasteiger charge is 2.28. The van der Waals surface area contributed by atoms with Crippen LogP contribution in [0.2, 0.25) is 5.02 Å². The first-order chi connectivity index (χ1) is 12.2. The molecule has 132 valence electrons. The molecule has 0 saturated carbocycles. The van der Waals surface area contributed by atoms with Crippen LogP contribution in [0.5, 0.6) is 5.75 Å². The third-order valence-corrected chi connectivity index (χ3v) is 4.45. The van der Waals surface area contributed by atoms with Gasteiger partial charge in [-0.3, -0.25) is 5.43 Å². The molecule has 2 amide bonds. The smallest absolute Gasteiger partial charge is 0.319 e. The lowest BCUT2D eigenvalue weighted by Gasteiger charge is -2.19. The molecule has 0 radical (unpaired) electrons. The first-order valence-electron chi connectivity index (χ1n) is 8.08. The number of amides is 2. The van der Waals surface area contributed by atoms with Gasteiger partial charge < -0.3 is 15.4 Å². The van der Waals surface area contributed by atoms with E-state index in [4.69, 9.17) is 16.3 Å². The molecule has 1 aliphatic rings. The van der Waals surface area contributed by atoms with Gasteiger partial charge in [-0.05, 0) is 42.0 Å². The Morgan fingerprint density at radius 3 is 2.60 bits per heavy atom. The Balaban J connectivity index is 1.54. The molecule has 3 rings (SSSR count). The van der Waals surface area contributed by atoms with Crippen LogP contribution in [0.15, 0.2) is 48.5 Å². The predicted octanol–water partition coefficient (Wildman–Crippen LogP) is 2.94. The van der Waals surface area contributed by atoms with Gasteiger partial charge in [-0.2, -0.15) is 0 Å². The van der Waals surface area contributed by atoms with Crippen LogP contribution < -0.4 is 26.2 Å². The second kappa shape index (κ2) is 8.20. The summed E-state index contributed by atoms with van der Waals surface area (Å²) < 4.78 is 5.19. The molecule has 25 heavy (non-hydrogen) atoms. The van der Waals surface area contributed by atoms with Gasteiger partial charge in [0.25, 0.3) is 0 Å². The lowest BCUT2D eigenvalue weighted by molar-refractivity contribution is 0.250. The number of carbonyl (C=O) groups is 1. The van der Waals surface area contributed by atoms with E-state index in [-0.39, 0.29) is 18.0 Å². The maximum atomic E-state index is 12.1. The van der Waals surface area contributed by atoms with Gasteiger partial charge in [-0.15, -0.1) is 0 Å². The Morgan fingerprint density at radius 1 is 1.20 bits per heavy atom. The highest BCUT2D eigenvalue weighted by Crippen LogP contribution is 2.26. The van der Waals surface area contributed by atoms with Crippen LogP contribution in [0, 0.1) is 5.92 Å². The van der Waals surface area contributed by atoms with Crippen LogP contribution in [-0.4, -0.2) is 26.2 Å². The summed E-state index contributed by atoms with van der Waals surface area (Å²) in [4.78, 5) is 12.1. The maximum Gasteiger partial charge on any atom is 0.319 e. The Bertz CT molecular complexity index is 706. The Morgan fingerprint density at radius 2 is 1.92 bits per heavy atom. The molecule has 2 atom stereocenters. The van der Waals surface area contributed by atoms with Crippen molar-refractivity contribution in [3.63, 3.8) is 0 Å². The summed E-state index contributed by atoms with van der Waals surface area (Å²) in [5.74, 6) is 1.07. The normalized spacial score (nSPS) is 19.4. The molecule has 0 aromatic heterocycles. The number of benzene rings is 2. The Kier molecular flexibility index (Phi) is 5.75. The van der Waals surface area contributed by atoms with Crippen molar-refractivity contribution in [2.45, 2.75) is 6.04 Å². The minimum atomic E-state index is -0.234. The fourth-order valence-corrected chi connectivity index (χ4v) is 2.95. The summed E-state index contributed by atoms with van der Waals surface area (Å²) in [6, 6.07) is 14.8. The van der Waals surface area contributed by atoms with Gasteiger partial charge in [0, 0.05) is 29.7 Å². The third kappa shape index (κ3) is 4.63. The number of anilines is 1. The minimum Gasteiger partial charge on any atom is -0.497 e. The van der Waals surface area contributed by atoms with E-state index in [9.17, 15) is 4.79 Å². The number of urea groups is 1. The number of hydrazine groups is 1. The minimum absolute atomic E-state index is 0.127. The lowest BCUT2D eigenvalue weighted by Crippen LogP contribution is -2.35. The number of carbonyl (C=O) groups excluding carboxylic acids is 1. The van der Waals surface area contributed by atoms with E-state index in [1.807, 2.05) is 24.3 Å². The molecule has 4 N–H and O–H groups in total. The molecule has 1 aliphatic heterocycles. The highest BCUT2D eigenvalue weighted by molar-refractivity contribution is 6.30. The average molecular weight is 361 g/mol. The summed E-state index contributed by atoms with van der Waals surface area (Å²) in [6.45, 7) is 1.33. The van der Waals surface area contributed by atoms with Gasteiger partial charge in [0.1, 0.15) is 5.75 Å². The molecular formula is C18H21ClN4O2. The predicted molar refractivity (Wildman–Crippen MR) is 98.8 cm³/mol. The first kappa shape index (κ1) is 17.5. The van der Waals surface area contributed by atoms with Crippen LogP contribution >= 0.6 is 11.6 Å². The van der Waals surface area contributed by atoms with Crippen molar-refractivity contribution in [2.24, 2.45) is 5.92 Å². The monoisotopic (exact) mass is 360 g/mol. The van der Waals surface area contributed by atoms with E-state index in [1.165, 1.54) is 0 Å². The van der Waals surface area contributed by atoms with Crippen LogP contribution in [0.4, 0.5) is 10.5 Å². The van der Waals surface area contributed by atoms with E-state index in [1.54, 1.807) is 31.4 Å². The Labute approximate surface area is 151 Å². The topological polar surface area (TPSA) is 74.4 Å². The number of rotatable bonds is 5. The molecule has 6 nitrogen and oxygen atoms in total. The van der Waals surface area contributed by atoms with E-state index < -0.39 is 0 Å². The van der Waals surface area contributed by atoms with E-state index >= 15 is 0 Å². The first-order valence-corrected chi connectivity index (χ1v) is 8.46. The van der Waals surface area contributed by atoms with E-state index in [2.05, 4.69) is 21.5 Å². The molecule has 1 heterocycles. The molecule has 7 heteroatoms. The SMILES string of the molecule is COc1ccc(C2NNCC2CNC(=O)Nc2ccc(Cl)cc2)cc1. The van der Waals surface area contributed by atoms with Gasteiger partial charge >= 0.3 is 6.03 Å². The summed E-state index contributed by atoms with van der Waals surface area (Å²) in [6.07, 6.45) is 0. The molecule has 2 aromatic carbocycles. The molecule has 1 saturated heterocycles. The van der Waals surface area contributed by atoms with Gasteiger partial charge in [0.2, 0.25) is 0 Å². The number of halogens is 1. The largest absolute Gasteiger partial charge is 0.497 e. The number of nitrogens with one attached hydrogen (secondary N) is 4. The Hall–Kier alpha value is -2.28. The van der Waals surface area contributed by atoms with E-state index in [0.29, 0.717) is 17.3 Å². The third-order valence-electron chi connectivity index (χ3n) is 4.20. The van der Waals surface area contributed by atoms with Gasteiger partial charge in [0.15, 0.2) is 0 Å². The lowest BCUT2D eigenvalue weighted by atomic mass is 9.95. The van der Waals surface area contributed by atoms with Crippen LogP contribution in [0.3, 0.4) is 0 Å². The van der Waals surface area contributed by atoms with Gasteiger partial charge in [0.05, 0.1) is 13.2 Å². The zero-order valence-electron chi connectivity index (χ0n) is 13.9. The number of ether oxygens (including phenoxy) is 1. The van der Waals surface area contributed by atoms with E-state index in [0.717, 1.165) is 17.9 Å². The standard InChI is InChI=1S/C18H21ClN4O2/c1-25-16-8-2-12(3-9-16)17-13(11-21-23-17)10-20-18(24)22-15-6-4-14(19)5-7-15/h2-9,13,17,21,23H,10-11H2,1H3,(H2,20,22,24). The van der Waals surface area contributed by atoms with Crippen LogP contribution in [-0.2, 0) is 0 Å². The molecule has 0 aliphatic carbocycles. The van der Waals surface area contributed by atoms with Crippen molar-refractivity contribution >= 4 is 23.3 Å². The maximum absolute atomic E-state index is 12.1. The van der Waals surface area contributed by atoms with Crippen LogP contribution in [0.1, 0.15) is 11.6 Å². The van der Waals surface area contributed by atoms with Crippen molar-refractivity contribution in [2.75, 3.05) is 25.5 Å². The second-order valence-electron chi connectivity index (χ2n) is 5.88. The fourth-order valence-electron chi connectivity index (χ4n) is 2.82. The number of methoxy groups -OCH3 is 1. The summed E-state index contributed by atoms with van der Waals surface area (Å²) in [5, 5.41) is 6.35. The molecule has 0 spiro atoms. The second-order valence-corrected chi connectivity index (χ2v) is 6.31. The fraction of sp³-hybridized carbons (Fsp3) is 0.278. The number of hydrogen-bond donors (Lipinski definition) is 4. The zero-order valence-corrected chi connectivity index (χ0v) is 14.6. The summed E-state index contributed by atoms with van der Waals surface area (Å²) in [5.41, 5.74) is 8.28. The molecule has 2 aromatic rings. The quantitative estimate of drug-likeness (QED) is 0.661. The highest BCUT2D eigenvalue weighted by atomic mass is 35.5. The van der Waals surface area contributed by atoms with Gasteiger partial charge in [-0.25, -0.2) is 10.2 Å². The summed E-state index contributed by atoms with van der Waals surface area (Å²) in [7, 11) is 1.65. The van der Waals surface area contributed by atoms with Crippen molar-refractivity contribution in [1.82, 2.24) is 16.2 Å². The number of hydrogen-bond acceptors (Lipinski definition) is 4. The van der Waals surface area contributed by atoms with Crippen LogP contribution in [0.25, 0.3) is 0 Å². The van der Waals surface area contributed by atoms with Crippen molar-refractivity contribution in [3.8, 4) is 5.75 Å². The average Bonchev–Trinajstić information content (AvgIpc) is 3.10.